The molecule has 0 saturated carbocycles. The van der Waals surface area contributed by atoms with E-state index in [1.54, 1.807) is 12.1 Å². The van der Waals surface area contributed by atoms with Crippen LogP contribution in [-0.4, -0.2) is 28.7 Å². The molecule has 8 heteroatoms. The topological polar surface area (TPSA) is 95.0 Å². The van der Waals surface area contributed by atoms with Crippen molar-refractivity contribution in [1.29, 1.82) is 0 Å². The maximum absolute atomic E-state index is 14.7. The third-order valence-electron chi connectivity index (χ3n) is 13.0. The van der Waals surface area contributed by atoms with Crippen molar-refractivity contribution < 1.29 is 24.3 Å². The first-order chi connectivity index (χ1) is 28.9. The van der Waals surface area contributed by atoms with Gasteiger partial charge in [-0.25, -0.2) is 4.90 Å². The van der Waals surface area contributed by atoms with Gasteiger partial charge in [0.15, 0.2) is 0 Å². The molecule has 0 radical (unpaired) electrons. The van der Waals surface area contributed by atoms with Gasteiger partial charge in [-0.3, -0.25) is 9.59 Å². The average molecular weight is 805 g/mol. The fraction of sp³-hybridized carbons (Fsp3) is 0.115. The van der Waals surface area contributed by atoms with Crippen molar-refractivity contribution in [2.75, 3.05) is 9.80 Å². The fourth-order valence-corrected chi connectivity index (χ4v) is 15.0. The van der Waals surface area contributed by atoms with Gasteiger partial charge in [-0.05, 0) is 18.2 Å². The van der Waals surface area contributed by atoms with Crippen LogP contribution in [-0.2, 0) is 10.8 Å². The van der Waals surface area contributed by atoms with Gasteiger partial charge < -0.3 is 5.11 Å². The van der Waals surface area contributed by atoms with Crippen LogP contribution in [0.25, 0.3) is 0 Å². The SMILES string of the molecule is CC1(C)CC(C)(c2ccc(N3C(=O)c4ccc(O)cc4C3=O)cc2)c2cc(N3C(=O)c4ccc([PH](c5ccccc5)(c5ccccc5)c5ccccc5)cc4C3=O)ccc21. The standard InChI is InChI=1S/C52H41N2O5P/c1-51(2)32-52(3,33-19-21-34(22-20-33)53-47(56)41-26-24-36(55)30-43(41)49(53)58)46-29-35(23-28-45(46)51)54-48(57)42-27-25-40(31-44(42)50(54)59)60(37-13-7-4-8-14-37,38-15-9-5-10-16-38)39-17-11-6-12-18-39/h4-31,55,60H,32H2,1-3H3. The van der Waals surface area contributed by atoms with E-state index >= 15 is 0 Å². The van der Waals surface area contributed by atoms with E-state index in [2.05, 4.69) is 93.6 Å². The van der Waals surface area contributed by atoms with E-state index in [-0.39, 0.29) is 34.1 Å². The van der Waals surface area contributed by atoms with Gasteiger partial charge in [0.05, 0.1) is 16.8 Å². The number of carbonyl (C=O) groups is 4. The Morgan fingerprint density at radius 2 is 0.917 bits per heavy atom. The number of phenolic OH excluding ortho intramolecular Hbond substituents is 1. The zero-order valence-electron chi connectivity index (χ0n) is 33.3. The number of fused-ring (bicyclic) bond motifs is 3. The molecule has 7 aromatic carbocycles. The quantitative estimate of drug-likeness (QED) is 0.129. The Balaban J connectivity index is 1.03. The van der Waals surface area contributed by atoms with Gasteiger partial charge >= 0.3 is 278 Å². The Labute approximate surface area is 348 Å². The zero-order chi connectivity index (χ0) is 41.6. The molecule has 1 unspecified atom stereocenters. The van der Waals surface area contributed by atoms with Gasteiger partial charge in [0, 0.05) is 0 Å². The first-order valence-electron chi connectivity index (χ1n) is 20.1. The third-order valence-corrected chi connectivity index (χ3v) is 17.7. The molecule has 1 N–H and O–H groups in total. The summed E-state index contributed by atoms with van der Waals surface area (Å²) in [5.74, 6) is -1.71. The Morgan fingerprint density at radius 1 is 0.450 bits per heavy atom. The number of amides is 4. The molecule has 2 heterocycles. The molecular weight excluding hydrogens is 764 g/mol. The van der Waals surface area contributed by atoms with Gasteiger partial charge in [-0.2, -0.15) is 0 Å². The summed E-state index contributed by atoms with van der Waals surface area (Å²) < 4.78 is 0. The molecule has 1 aliphatic carbocycles. The van der Waals surface area contributed by atoms with Gasteiger partial charge in [0.25, 0.3) is 11.8 Å². The van der Waals surface area contributed by atoms with Crippen molar-refractivity contribution in [3.05, 3.63) is 209 Å². The molecule has 4 amide bonds. The van der Waals surface area contributed by atoms with E-state index < -0.39 is 24.5 Å². The molecule has 3 aliphatic rings. The summed E-state index contributed by atoms with van der Waals surface area (Å²) >= 11 is 0. The predicted molar refractivity (Wildman–Crippen MR) is 240 cm³/mol. The molecule has 0 fully saturated rings. The maximum atomic E-state index is 14.7. The Hall–Kier alpha value is -6.95. The number of hydrogen-bond donors (Lipinski definition) is 1. The molecular formula is C52H41N2O5P. The number of anilines is 2. The number of hydrogen-bond acceptors (Lipinski definition) is 5. The molecule has 0 saturated heterocycles. The second-order valence-electron chi connectivity index (χ2n) is 16.9. The monoisotopic (exact) mass is 804 g/mol. The van der Waals surface area contributed by atoms with Gasteiger partial charge in [-0.15, -0.1) is 0 Å². The number of nitrogens with zero attached hydrogens (tertiary/aromatic N) is 2. The van der Waals surface area contributed by atoms with Crippen molar-refractivity contribution in [2.45, 2.75) is 38.0 Å². The van der Waals surface area contributed by atoms with E-state index in [4.69, 9.17) is 0 Å². The number of rotatable bonds is 7. The summed E-state index contributed by atoms with van der Waals surface area (Å²) in [6.45, 7) is 6.57. The van der Waals surface area contributed by atoms with Crippen LogP contribution in [0, 0.1) is 0 Å². The number of phenols is 1. The summed E-state index contributed by atoms with van der Waals surface area (Å²) in [6, 6.07) is 54.9. The number of benzene rings is 7. The molecule has 7 nitrogen and oxygen atoms in total. The van der Waals surface area contributed by atoms with Gasteiger partial charge in [0.1, 0.15) is 5.75 Å². The van der Waals surface area contributed by atoms with Crippen LogP contribution >= 0.6 is 7.26 Å². The van der Waals surface area contributed by atoms with Gasteiger partial charge in [-0.1, -0.05) is 0 Å². The summed E-state index contributed by atoms with van der Waals surface area (Å²) in [6.07, 6.45) is 0.751. The third kappa shape index (κ3) is 5.39. The predicted octanol–water partition coefficient (Wildman–Crippen LogP) is 8.33. The van der Waals surface area contributed by atoms with Crippen LogP contribution in [0.3, 0.4) is 0 Å². The fourth-order valence-electron chi connectivity index (χ4n) is 10.3. The first kappa shape index (κ1) is 37.3. The van der Waals surface area contributed by atoms with Crippen LogP contribution in [0.15, 0.2) is 170 Å². The second-order valence-corrected chi connectivity index (χ2v) is 20.7. The molecule has 294 valence electrons. The van der Waals surface area contributed by atoms with Crippen LogP contribution < -0.4 is 31.0 Å². The van der Waals surface area contributed by atoms with Crippen molar-refractivity contribution >= 4 is 63.5 Å². The van der Waals surface area contributed by atoms with Crippen molar-refractivity contribution in [3.8, 4) is 5.75 Å². The van der Waals surface area contributed by atoms with Crippen LogP contribution in [0.2, 0.25) is 0 Å². The van der Waals surface area contributed by atoms with E-state index in [9.17, 15) is 24.3 Å². The Kier molecular flexibility index (Phi) is 8.43. The second kappa shape index (κ2) is 13.6. The average Bonchev–Trinajstić information content (AvgIpc) is 3.76. The summed E-state index contributed by atoms with van der Waals surface area (Å²) in [7, 11) is -2.95. The van der Waals surface area contributed by atoms with Crippen LogP contribution in [0.5, 0.6) is 5.75 Å². The molecule has 10 rings (SSSR count). The summed E-state index contributed by atoms with van der Waals surface area (Å²) in [5, 5.41) is 14.5. The van der Waals surface area contributed by atoms with Crippen molar-refractivity contribution in [3.63, 3.8) is 0 Å². The first-order valence-corrected chi connectivity index (χ1v) is 22.1. The van der Waals surface area contributed by atoms with Crippen molar-refractivity contribution in [1.82, 2.24) is 0 Å². The minimum atomic E-state index is -2.95. The molecule has 7 aromatic rings. The van der Waals surface area contributed by atoms with Crippen LogP contribution in [0.1, 0.15) is 85.3 Å². The number of carbonyl (C=O) groups excluding carboxylic acids is 4. The van der Waals surface area contributed by atoms with Gasteiger partial charge in [0.2, 0.25) is 0 Å². The van der Waals surface area contributed by atoms with E-state index in [0.717, 1.165) is 33.3 Å². The molecule has 1 atom stereocenters. The zero-order valence-corrected chi connectivity index (χ0v) is 34.3. The normalized spacial score (nSPS) is 18.1. The van der Waals surface area contributed by atoms with E-state index in [1.165, 1.54) is 39.0 Å². The molecule has 2 aliphatic heterocycles. The summed E-state index contributed by atoms with van der Waals surface area (Å²) in [4.78, 5) is 58.2. The summed E-state index contributed by atoms with van der Waals surface area (Å²) in [5.41, 5.74) is 4.48. The number of aromatic hydroxyl groups is 1. The van der Waals surface area contributed by atoms with E-state index in [0.29, 0.717) is 22.5 Å². The molecule has 0 aromatic heterocycles. The van der Waals surface area contributed by atoms with E-state index in [1.807, 2.05) is 66.7 Å². The minimum absolute atomic E-state index is 0.0780. The van der Waals surface area contributed by atoms with Crippen LogP contribution in [0.4, 0.5) is 11.4 Å². The Bertz CT molecular complexity index is 2830. The molecule has 60 heavy (non-hydrogen) atoms. The molecule has 0 spiro atoms. The Morgan fingerprint density at radius 3 is 1.47 bits per heavy atom. The number of imide groups is 2. The van der Waals surface area contributed by atoms with Crippen molar-refractivity contribution in [2.24, 2.45) is 0 Å². The molecule has 0 bridgehead atoms.